The molecule has 0 spiro atoms. The van der Waals surface area contributed by atoms with E-state index >= 15 is 0 Å². The molecule has 0 aromatic rings. The number of rotatable bonds is 4. The molecule has 13 heteroatoms. The normalized spacial score (nSPS) is 39.1. The molecule has 2 heterocycles. The topological polar surface area (TPSA) is 80.8 Å². The lowest BCUT2D eigenvalue weighted by molar-refractivity contribution is -0.158. The molecule has 1 amide bonds. The summed E-state index contributed by atoms with van der Waals surface area (Å²) in [4.78, 5) is 17.7. The van der Waals surface area contributed by atoms with E-state index in [1.807, 2.05) is 0 Å². The number of amides is 1. The molecule has 7 nitrogen and oxygen atoms in total. The average molecular weight is 559 g/mol. The van der Waals surface area contributed by atoms with E-state index in [4.69, 9.17) is 23.2 Å². The van der Waals surface area contributed by atoms with E-state index in [9.17, 15) is 22.4 Å². The fourth-order valence-electron chi connectivity index (χ4n) is 5.72. The molecule has 4 N–H and O–H groups in total. The third-order valence-corrected chi connectivity index (χ3v) is 8.32. The van der Waals surface area contributed by atoms with Crippen LogP contribution < -0.4 is 21.4 Å². The first-order valence-corrected chi connectivity index (χ1v) is 13.8. The molecular weight excluding hydrogens is 523 g/mol. The van der Waals surface area contributed by atoms with Crippen LogP contribution in [-0.4, -0.2) is 77.4 Å². The maximum absolute atomic E-state index is 14.2. The predicted molar refractivity (Wildman–Crippen MR) is 132 cm³/mol. The third kappa shape index (κ3) is 7.58. The molecule has 8 unspecified atom stereocenters. The second-order valence-electron chi connectivity index (χ2n) is 10.5. The maximum Gasteiger partial charge on any atom is 0.405 e. The summed E-state index contributed by atoms with van der Waals surface area (Å²) in [5.41, 5.74) is 2.62. The minimum Gasteiger partial charge on any atom is -0.353 e. The summed E-state index contributed by atoms with van der Waals surface area (Å²) in [5.74, 6) is -0.508. The Labute approximate surface area is 219 Å². The van der Waals surface area contributed by atoms with E-state index in [-0.39, 0.29) is 59.9 Å². The van der Waals surface area contributed by atoms with Gasteiger partial charge in [0.25, 0.3) is 0 Å². The Morgan fingerprint density at radius 3 is 2.47 bits per heavy atom. The molecule has 0 radical (unpaired) electrons. The number of hydrazine groups is 1. The Morgan fingerprint density at radius 1 is 1.00 bits per heavy atom. The van der Waals surface area contributed by atoms with Gasteiger partial charge in [0.2, 0.25) is 5.91 Å². The molecule has 4 aliphatic rings. The number of nitrogens with zero attached hydrogens (tertiary/aromatic N) is 2. The first kappa shape index (κ1) is 28.1. The molecule has 0 bridgehead atoms. The van der Waals surface area contributed by atoms with Crippen LogP contribution in [0.3, 0.4) is 0 Å². The molecule has 2 aliphatic carbocycles. The van der Waals surface area contributed by atoms with Gasteiger partial charge in [0.15, 0.2) is 5.96 Å². The van der Waals surface area contributed by atoms with Crippen molar-refractivity contribution in [1.82, 2.24) is 26.4 Å². The number of aliphatic imine (C=N–C) groups is 1. The van der Waals surface area contributed by atoms with Gasteiger partial charge in [0.05, 0.1) is 0 Å². The van der Waals surface area contributed by atoms with Gasteiger partial charge in [-0.15, -0.1) is 23.2 Å². The van der Waals surface area contributed by atoms with E-state index in [1.54, 1.807) is 5.01 Å². The van der Waals surface area contributed by atoms with Gasteiger partial charge in [0, 0.05) is 41.7 Å². The molecule has 0 aromatic carbocycles. The minimum atomic E-state index is -4.43. The number of carbonyl (C=O) groups excluding carboxylic acids is 1. The first-order chi connectivity index (χ1) is 17.1. The molecule has 4 fully saturated rings. The Bertz CT molecular complexity index is 774. The Hall–Kier alpha value is -0.880. The van der Waals surface area contributed by atoms with E-state index in [0.29, 0.717) is 25.8 Å². The van der Waals surface area contributed by atoms with Gasteiger partial charge in [-0.3, -0.25) is 10.1 Å². The quantitative estimate of drug-likeness (QED) is 0.183. The molecule has 2 aliphatic heterocycles. The van der Waals surface area contributed by atoms with Crippen LogP contribution in [0.1, 0.15) is 64.2 Å². The number of alkyl halides is 6. The standard InChI is InChI=1S/C23H36Cl2F4N6O/c24-14-4-1-3-13(7-14)21(36)33-22(31-17-9-15(25)8-16(26)10-17)32-20-11-19(23(27,28)29)34-35(20)18-5-2-6-30-12-18/h13-20,30,34H,1-12H2,(H2,31,32,33,36). The van der Waals surface area contributed by atoms with Crippen LogP contribution in [0.5, 0.6) is 0 Å². The van der Waals surface area contributed by atoms with Crippen molar-refractivity contribution in [3.8, 4) is 0 Å². The Kier molecular flexibility index (Phi) is 9.63. The van der Waals surface area contributed by atoms with E-state index in [2.05, 4.69) is 26.4 Å². The van der Waals surface area contributed by atoms with Crippen molar-refractivity contribution in [3.05, 3.63) is 0 Å². The van der Waals surface area contributed by atoms with Crippen LogP contribution in [0.25, 0.3) is 0 Å². The number of hydrogen-bond acceptors (Lipinski definition) is 5. The second-order valence-corrected chi connectivity index (χ2v) is 11.8. The van der Waals surface area contributed by atoms with E-state index < -0.39 is 24.6 Å². The lowest BCUT2D eigenvalue weighted by Crippen LogP contribution is -2.55. The highest BCUT2D eigenvalue weighted by molar-refractivity contribution is 6.21. The lowest BCUT2D eigenvalue weighted by atomic mass is 9.88. The van der Waals surface area contributed by atoms with Crippen LogP contribution in [0.4, 0.5) is 17.6 Å². The molecule has 2 saturated heterocycles. The molecule has 0 aromatic heterocycles. The van der Waals surface area contributed by atoms with Crippen LogP contribution in [0.15, 0.2) is 4.99 Å². The zero-order valence-corrected chi connectivity index (χ0v) is 21.7. The van der Waals surface area contributed by atoms with Gasteiger partial charge < -0.3 is 10.6 Å². The maximum atomic E-state index is 14.2. The smallest absolute Gasteiger partial charge is 0.353 e. The summed E-state index contributed by atoms with van der Waals surface area (Å²) < 4.78 is 55.2. The van der Waals surface area contributed by atoms with Crippen molar-refractivity contribution in [1.29, 1.82) is 0 Å². The number of halogens is 6. The molecule has 4 rings (SSSR count). The summed E-state index contributed by atoms with van der Waals surface area (Å²) in [5, 5.41) is 10.3. The monoisotopic (exact) mass is 558 g/mol. The molecule has 36 heavy (non-hydrogen) atoms. The van der Waals surface area contributed by atoms with Crippen molar-refractivity contribution in [2.24, 2.45) is 10.9 Å². The van der Waals surface area contributed by atoms with Crippen LogP contribution in [0.2, 0.25) is 0 Å². The summed E-state index contributed by atoms with van der Waals surface area (Å²) in [7, 11) is 0. The van der Waals surface area contributed by atoms with E-state index in [0.717, 1.165) is 32.2 Å². The number of guanidine groups is 1. The number of piperidine rings is 1. The first-order valence-electron chi connectivity index (χ1n) is 13.0. The largest absolute Gasteiger partial charge is 0.405 e. The highest BCUT2D eigenvalue weighted by Gasteiger charge is 2.49. The van der Waals surface area contributed by atoms with Crippen molar-refractivity contribution >= 4 is 35.1 Å². The summed E-state index contributed by atoms with van der Waals surface area (Å²) in [6, 6.07) is -2.30. The van der Waals surface area contributed by atoms with Crippen molar-refractivity contribution in [3.63, 3.8) is 0 Å². The average Bonchev–Trinajstić information content (AvgIpc) is 3.23. The van der Waals surface area contributed by atoms with Crippen molar-refractivity contribution in [2.45, 2.75) is 112 Å². The van der Waals surface area contributed by atoms with Crippen LogP contribution in [-0.2, 0) is 4.79 Å². The predicted octanol–water partition coefficient (Wildman–Crippen LogP) is 3.56. The Balaban J connectivity index is 1.55. The molecule has 2 saturated carbocycles. The fourth-order valence-corrected chi connectivity index (χ4v) is 6.50. The summed E-state index contributed by atoms with van der Waals surface area (Å²) >= 11 is 12.5. The minimum absolute atomic E-state index is 0.0723. The van der Waals surface area contributed by atoms with Crippen molar-refractivity contribution < 1.29 is 22.4 Å². The zero-order valence-electron chi connectivity index (χ0n) is 20.2. The van der Waals surface area contributed by atoms with Crippen LogP contribution in [0, 0.1) is 5.92 Å². The Morgan fingerprint density at radius 2 is 1.81 bits per heavy atom. The highest BCUT2D eigenvalue weighted by atomic mass is 35.5. The highest BCUT2D eigenvalue weighted by Crippen LogP contribution is 2.32. The van der Waals surface area contributed by atoms with Gasteiger partial charge in [-0.2, -0.15) is 13.2 Å². The SMILES string of the molecule is O=C(N/C(=N\C1CC(C(F)(F)F)NN1C1CCCNC1)NC1CC(F)CC(Cl)C1)C1CCCC(Cl)C1. The fraction of sp³-hybridized carbons (Fsp3) is 0.913. The number of hydrogen-bond donors (Lipinski definition) is 4. The van der Waals surface area contributed by atoms with Crippen molar-refractivity contribution in [2.75, 3.05) is 13.1 Å². The van der Waals surface area contributed by atoms with Gasteiger partial charge in [-0.25, -0.2) is 19.8 Å². The molecular formula is C23H36Cl2F4N6O. The number of nitrogens with one attached hydrogen (secondary N) is 4. The lowest BCUT2D eigenvalue weighted by Gasteiger charge is -2.35. The summed E-state index contributed by atoms with van der Waals surface area (Å²) in [6.45, 7) is 1.36. The zero-order chi connectivity index (χ0) is 25.9. The van der Waals surface area contributed by atoms with Crippen LogP contribution >= 0.6 is 23.2 Å². The third-order valence-electron chi connectivity index (χ3n) is 7.57. The molecule has 206 valence electrons. The van der Waals surface area contributed by atoms with Gasteiger partial charge in [-0.1, -0.05) is 6.42 Å². The number of carbonyl (C=O) groups is 1. The van der Waals surface area contributed by atoms with Gasteiger partial charge in [0.1, 0.15) is 18.4 Å². The van der Waals surface area contributed by atoms with Gasteiger partial charge in [-0.05, 0) is 57.9 Å². The summed E-state index contributed by atoms with van der Waals surface area (Å²) in [6.07, 6.45) is -1.31. The molecule has 8 atom stereocenters. The van der Waals surface area contributed by atoms with E-state index in [1.165, 1.54) is 0 Å². The van der Waals surface area contributed by atoms with Gasteiger partial charge >= 0.3 is 6.18 Å². The second kappa shape index (κ2) is 12.3.